The maximum atomic E-state index is 15.2. The Balaban J connectivity index is 1.32. The molecule has 1 atom stereocenters. The van der Waals surface area contributed by atoms with Crippen LogP contribution in [0.3, 0.4) is 0 Å². The fourth-order valence-corrected chi connectivity index (χ4v) is 5.33. The Bertz CT molecular complexity index is 1440. The monoisotopic (exact) mass is 517 g/mol. The summed E-state index contributed by atoms with van der Waals surface area (Å²) in [5.74, 6) is 1.20. The number of rotatable bonds is 9. The van der Waals surface area contributed by atoms with Gasteiger partial charge >= 0.3 is 0 Å². The van der Waals surface area contributed by atoms with Crippen LogP contribution in [0, 0.1) is 5.92 Å². The number of benzene rings is 1. The van der Waals surface area contributed by atoms with E-state index in [0.717, 1.165) is 48.2 Å². The predicted octanol–water partition coefficient (Wildman–Crippen LogP) is 4.89. The molecule has 2 fully saturated rings. The van der Waals surface area contributed by atoms with Crippen LogP contribution in [-0.4, -0.2) is 56.7 Å². The zero-order valence-corrected chi connectivity index (χ0v) is 21.7. The maximum Gasteiger partial charge on any atom is 0.258 e. The van der Waals surface area contributed by atoms with Gasteiger partial charge in [-0.15, -0.1) is 0 Å². The lowest BCUT2D eigenvalue weighted by Gasteiger charge is -2.39. The summed E-state index contributed by atoms with van der Waals surface area (Å²) in [6, 6.07) is 11.2. The number of ether oxygens (including phenoxy) is 1. The Labute approximate surface area is 220 Å². The van der Waals surface area contributed by atoms with E-state index in [1.54, 1.807) is 17.1 Å². The van der Waals surface area contributed by atoms with E-state index in [0.29, 0.717) is 35.8 Å². The number of hydrogen-bond donors (Lipinski definition) is 2. The molecule has 2 N–H and O–H groups in total. The number of alkyl halides is 1. The van der Waals surface area contributed by atoms with Crippen molar-refractivity contribution in [1.29, 1.82) is 0 Å². The Hall–Kier alpha value is -3.79. The highest BCUT2D eigenvalue weighted by molar-refractivity contribution is 5.98. The predicted molar refractivity (Wildman–Crippen MR) is 144 cm³/mol. The molecule has 9 nitrogen and oxygen atoms in total. The summed E-state index contributed by atoms with van der Waals surface area (Å²) in [6.45, 7) is 4.32. The molecule has 0 bridgehead atoms. The van der Waals surface area contributed by atoms with Crippen LogP contribution in [0.25, 0.3) is 22.3 Å². The minimum Gasteiger partial charge on any atom is -0.367 e. The van der Waals surface area contributed by atoms with Crippen LogP contribution in [0.2, 0.25) is 0 Å². The van der Waals surface area contributed by atoms with Gasteiger partial charge in [-0.25, -0.2) is 4.39 Å². The largest absolute Gasteiger partial charge is 0.367 e. The number of methoxy groups -OCH3 is 1. The first-order chi connectivity index (χ1) is 18.5. The van der Waals surface area contributed by atoms with Gasteiger partial charge < -0.3 is 15.0 Å². The summed E-state index contributed by atoms with van der Waals surface area (Å²) < 4.78 is 22.5. The second-order valence-electron chi connectivity index (χ2n) is 10.4. The smallest absolute Gasteiger partial charge is 0.258 e. The molecule has 3 aromatic heterocycles. The van der Waals surface area contributed by atoms with Crippen LogP contribution in [0.1, 0.15) is 44.3 Å². The van der Waals surface area contributed by atoms with E-state index in [1.165, 1.54) is 7.11 Å². The van der Waals surface area contributed by atoms with Gasteiger partial charge in [-0.2, -0.15) is 10.2 Å². The van der Waals surface area contributed by atoms with Crippen LogP contribution in [0.15, 0.2) is 48.8 Å². The van der Waals surface area contributed by atoms with Gasteiger partial charge in [0, 0.05) is 26.4 Å². The molecule has 1 saturated carbocycles. The second kappa shape index (κ2) is 9.83. The zero-order chi connectivity index (χ0) is 26.3. The maximum absolute atomic E-state index is 15.2. The third-order valence-electron chi connectivity index (χ3n) is 7.86. The van der Waals surface area contributed by atoms with E-state index >= 15 is 4.39 Å². The van der Waals surface area contributed by atoms with Gasteiger partial charge in [0.2, 0.25) is 0 Å². The summed E-state index contributed by atoms with van der Waals surface area (Å²) in [7, 11) is 1.50. The fourth-order valence-electron chi connectivity index (χ4n) is 5.33. The molecule has 1 aliphatic carbocycles. The van der Waals surface area contributed by atoms with E-state index in [9.17, 15) is 4.79 Å². The van der Waals surface area contributed by atoms with Gasteiger partial charge in [0.25, 0.3) is 5.91 Å². The van der Waals surface area contributed by atoms with Crippen LogP contribution in [0.4, 0.5) is 15.9 Å². The number of aromatic amines is 1. The Kier molecular flexibility index (Phi) is 6.35. The summed E-state index contributed by atoms with van der Waals surface area (Å²) in [6.07, 6.45) is 5.73. The number of anilines is 2. The minimum absolute atomic E-state index is 0.219. The van der Waals surface area contributed by atoms with E-state index in [2.05, 4.69) is 27.3 Å². The quantitative estimate of drug-likeness (QED) is 0.328. The number of halogens is 1. The zero-order valence-electron chi connectivity index (χ0n) is 21.7. The van der Waals surface area contributed by atoms with E-state index in [1.807, 2.05) is 36.4 Å². The van der Waals surface area contributed by atoms with Crippen molar-refractivity contribution in [1.82, 2.24) is 25.0 Å². The van der Waals surface area contributed by atoms with Crippen LogP contribution in [0.5, 0.6) is 0 Å². The minimum atomic E-state index is -1.22. The number of nitrogens with zero attached hydrogens (tertiary/aromatic N) is 5. The number of pyridine rings is 1. The third-order valence-corrected chi connectivity index (χ3v) is 7.86. The summed E-state index contributed by atoms with van der Waals surface area (Å²) in [4.78, 5) is 20.0. The van der Waals surface area contributed by atoms with E-state index < -0.39 is 11.8 Å². The number of H-pyrrole nitrogens is 1. The molecule has 4 aromatic rings. The molecule has 1 amide bonds. The number of fused-ring (bicyclic) bond motifs is 1. The molecule has 10 heteroatoms. The molecule has 4 heterocycles. The average molecular weight is 518 g/mol. The number of carbonyl (C=O) groups excluding carboxylic acids is 1. The number of carbonyl (C=O) groups is 1. The molecule has 0 unspecified atom stereocenters. The first-order valence-corrected chi connectivity index (χ1v) is 13.2. The molecule has 0 radical (unpaired) electrons. The fraction of sp³-hybridized carbons (Fsp3) is 0.429. The third kappa shape index (κ3) is 4.42. The highest BCUT2D eigenvalue weighted by Gasteiger charge is 2.39. The molecule has 38 heavy (non-hydrogen) atoms. The molecule has 0 spiro atoms. The highest BCUT2D eigenvalue weighted by Crippen LogP contribution is 2.40. The lowest BCUT2D eigenvalue weighted by molar-refractivity contribution is -0.126. The average Bonchev–Trinajstić information content (AvgIpc) is 3.48. The van der Waals surface area contributed by atoms with Gasteiger partial charge in [0.05, 0.1) is 35.0 Å². The van der Waals surface area contributed by atoms with Crippen molar-refractivity contribution in [3.63, 3.8) is 0 Å². The summed E-state index contributed by atoms with van der Waals surface area (Å²) in [5, 5.41) is 15.8. The Morgan fingerprint density at radius 1 is 1.26 bits per heavy atom. The molecule has 1 saturated heterocycles. The second-order valence-corrected chi connectivity index (χ2v) is 10.4. The van der Waals surface area contributed by atoms with Crippen molar-refractivity contribution < 1.29 is 13.9 Å². The van der Waals surface area contributed by atoms with Crippen LogP contribution in [-0.2, 0) is 16.1 Å². The first-order valence-electron chi connectivity index (χ1n) is 13.2. The van der Waals surface area contributed by atoms with Gasteiger partial charge in [-0.1, -0.05) is 37.3 Å². The molecular formula is C28H32FN7O2. The topological polar surface area (TPSA) is 101 Å². The van der Waals surface area contributed by atoms with Crippen molar-refractivity contribution in [3.05, 3.63) is 54.4 Å². The number of amides is 1. The SMILES string of the molecule is CCC1CN(c2nn(CC3(F)CCC3)c3cc(-c4[nH]ncc4NC(=O)[C@H](OC)c4ccccc4)ncc23)C1. The molecule has 198 valence electrons. The number of nitrogens with one attached hydrogen (secondary N) is 2. The first kappa shape index (κ1) is 24.5. The Morgan fingerprint density at radius 3 is 2.74 bits per heavy atom. The molecular weight excluding hydrogens is 485 g/mol. The highest BCUT2D eigenvalue weighted by atomic mass is 19.1. The van der Waals surface area contributed by atoms with Gasteiger partial charge in [0.15, 0.2) is 11.9 Å². The normalized spacial score (nSPS) is 17.7. The van der Waals surface area contributed by atoms with Crippen LogP contribution < -0.4 is 10.2 Å². The summed E-state index contributed by atoms with van der Waals surface area (Å²) in [5.41, 5.74) is 1.98. The van der Waals surface area contributed by atoms with Gasteiger partial charge in [0.1, 0.15) is 11.4 Å². The van der Waals surface area contributed by atoms with Crippen LogP contribution >= 0.6 is 0 Å². The molecule has 1 aromatic carbocycles. The van der Waals surface area contributed by atoms with E-state index in [-0.39, 0.29) is 12.5 Å². The standard InChI is InChI=1S/C28H32FN7O2/c1-3-18-15-35(16-18)26-20-13-30-21(12-23(20)36(34-26)17-28(29)10-7-11-28)24-22(14-31-33-24)32-27(37)25(38-2)19-8-5-4-6-9-19/h4-6,8-9,12-14,18,25H,3,7,10-11,15-17H2,1-2H3,(H,31,33)(H,32,37)/t25-/m1/s1. The molecule has 6 rings (SSSR count). The molecule has 1 aliphatic heterocycles. The van der Waals surface area contributed by atoms with Crippen molar-refractivity contribution in [3.8, 4) is 11.4 Å². The molecule has 2 aliphatic rings. The Morgan fingerprint density at radius 2 is 2.05 bits per heavy atom. The lowest BCUT2D eigenvalue weighted by atomic mass is 9.82. The number of hydrogen-bond acceptors (Lipinski definition) is 6. The van der Waals surface area contributed by atoms with E-state index in [4.69, 9.17) is 14.8 Å². The van der Waals surface area contributed by atoms with Crippen molar-refractivity contribution in [2.45, 2.75) is 50.9 Å². The van der Waals surface area contributed by atoms with Gasteiger partial charge in [-0.3, -0.25) is 19.6 Å². The van der Waals surface area contributed by atoms with Crippen molar-refractivity contribution in [2.75, 3.05) is 30.4 Å². The lowest BCUT2D eigenvalue weighted by Crippen LogP contribution is -2.46. The van der Waals surface area contributed by atoms with Gasteiger partial charge in [-0.05, 0) is 43.2 Å². The summed E-state index contributed by atoms with van der Waals surface area (Å²) >= 11 is 0. The number of aromatic nitrogens is 5. The van der Waals surface area contributed by atoms with Crippen molar-refractivity contribution in [2.24, 2.45) is 5.92 Å². The van der Waals surface area contributed by atoms with Crippen molar-refractivity contribution >= 4 is 28.3 Å².